The van der Waals surface area contributed by atoms with Crippen molar-refractivity contribution in [2.24, 2.45) is 0 Å². The topological polar surface area (TPSA) is 78.5 Å². The maximum absolute atomic E-state index is 13.4. The molecule has 31 heavy (non-hydrogen) atoms. The molecule has 0 saturated carbocycles. The molecule has 3 heterocycles. The Morgan fingerprint density at radius 1 is 1.06 bits per heavy atom. The number of methoxy groups -OCH3 is 1. The molecule has 2 aromatic rings. The highest BCUT2D eigenvalue weighted by atomic mass is 16.5. The maximum atomic E-state index is 13.4. The van der Waals surface area contributed by atoms with Gasteiger partial charge in [-0.1, -0.05) is 6.07 Å². The fraction of sp³-hybridized carbons (Fsp3) is 0.542. The summed E-state index contributed by atoms with van der Waals surface area (Å²) in [7, 11) is 1.60. The SMILES string of the molecule is COc1cccc(C(=O)N2CCC(c3[nH]ncc3C(=O)N3C(C)CCCC3C)CC2)c1. The maximum Gasteiger partial charge on any atom is 0.257 e. The van der Waals surface area contributed by atoms with Crippen molar-refractivity contribution in [2.75, 3.05) is 20.2 Å². The Kier molecular flexibility index (Phi) is 6.30. The van der Waals surface area contributed by atoms with Gasteiger partial charge in [-0.3, -0.25) is 14.7 Å². The van der Waals surface area contributed by atoms with Crippen LogP contribution in [0.2, 0.25) is 0 Å². The fourth-order valence-electron chi connectivity index (χ4n) is 5.05. The van der Waals surface area contributed by atoms with Gasteiger partial charge in [0, 0.05) is 36.7 Å². The monoisotopic (exact) mass is 424 g/mol. The van der Waals surface area contributed by atoms with Crippen molar-refractivity contribution in [3.63, 3.8) is 0 Å². The van der Waals surface area contributed by atoms with Gasteiger partial charge < -0.3 is 14.5 Å². The van der Waals surface area contributed by atoms with Crippen molar-refractivity contribution in [2.45, 2.75) is 64.0 Å². The third kappa shape index (κ3) is 4.31. The summed E-state index contributed by atoms with van der Waals surface area (Å²) in [5, 5.41) is 7.32. The third-order valence-corrected chi connectivity index (χ3v) is 6.83. The Bertz CT molecular complexity index is 922. The van der Waals surface area contributed by atoms with Crippen molar-refractivity contribution in [1.82, 2.24) is 20.0 Å². The smallest absolute Gasteiger partial charge is 0.257 e. The molecule has 2 atom stereocenters. The highest BCUT2D eigenvalue weighted by Gasteiger charge is 2.34. The lowest BCUT2D eigenvalue weighted by Crippen LogP contribution is -2.47. The number of amides is 2. The molecule has 7 nitrogen and oxygen atoms in total. The molecule has 0 spiro atoms. The zero-order chi connectivity index (χ0) is 22.0. The van der Waals surface area contributed by atoms with Crippen LogP contribution in [0.4, 0.5) is 0 Å². The normalized spacial score (nSPS) is 22.4. The minimum absolute atomic E-state index is 0.0224. The van der Waals surface area contributed by atoms with Crippen LogP contribution >= 0.6 is 0 Å². The van der Waals surface area contributed by atoms with Crippen molar-refractivity contribution < 1.29 is 14.3 Å². The number of piperidine rings is 2. The van der Waals surface area contributed by atoms with Crippen molar-refractivity contribution in [3.05, 3.63) is 47.3 Å². The van der Waals surface area contributed by atoms with E-state index < -0.39 is 0 Å². The molecular formula is C24H32N4O3. The van der Waals surface area contributed by atoms with E-state index >= 15 is 0 Å². The van der Waals surface area contributed by atoms with Crippen LogP contribution in [0.5, 0.6) is 5.75 Å². The number of hydrogen-bond acceptors (Lipinski definition) is 4. The molecule has 2 fully saturated rings. The Labute approximate surface area is 183 Å². The van der Waals surface area contributed by atoms with Crippen LogP contribution in [-0.4, -0.2) is 64.1 Å². The molecular weight excluding hydrogens is 392 g/mol. The van der Waals surface area contributed by atoms with Crippen LogP contribution in [0.3, 0.4) is 0 Å². The van der Waals surface area contributed by atoms with E-state index in [4.69, 9.17) is 4.74 Å². The molecule has 2 aliphatic heterocycles. The molecule has 0 radical (unpaired) electrons. The van der Waals surface area contributed by atoms with Crippen LogP contribution in [-0.2, 0) is 0 Å². The first-order chi connectivity index (χ1) is 15.0. The second-order valence-corrected chi connectivity index (χ2v) is 8.84. The van der Waals surface area contributed by atoms with Gasteiger partial charge in [-0.25, -0.2) is 0 Å². The van der Waals surface area contributed by atoms with Crippen molar-refractivity contribution in [3.8, 4) is 5.75 Å². The molecule has 2 amide bonds. The summed E-state index contributed by atoms with van der Waals surface area (Å²) in [6, 6.07) is 7.78. The van der Waals surface area contributed by atoms with E-state index in [9.17, 15) is 9.59 Å². The molecule has 0 bridgehead atoms. The number of nitrogens with zero attached hydrogens (tertiary/aromatic N) is 3. The largest absolute Gasteiger partial charge is 0.497 e. The van der Waals surface area contributed by atoms with E-state index in [1.165, 1.54) is 6.42 Å². The van der Waals surface area contributed by atoms with Crippen LogP contribution in [0.1, 0.15) is 78.3 Å². The van der Waals surface area contributed by atoms with Gasteiger partial charge in [-0.05, 0) is 64.2 Å². The summed E-state index contributed by atoms with van der Waals surface area (Å²) >= 11 is 0. The van der Waals surface area contributed by atoms with Gasteiger partial charge in [-0.2, -0.15) is 5.10 Å². The molecule has 4 rings (SSSR count). The second-order valence-electron chi connectivity index (χ2n) is 8.84. The number of likely N-dealkylation sites (tertiary alicyclic amines) is 2. The number of hydrogen-bond donors (Lipinski definition) is 1. The predicted octanol–water partition coefficient (Wildman–Crippen LogP) is 3.84. The Morgan fingerprint density at radius 3 is 2.45 bits per heavy atom. The molecule has 7 heteroatoms. The molecule has 1 N–H and O–H groups in total. The highest BCUT2D eigenvalue weighted by Crippen LogP contribution is 2.32. The van der Waals surface area contributed by atoms with Gasteiger partial charge in [0.15, 0.2) is 0 Å². The lowest BCUT2D eigenvalue weighted by atomic mass is 9.90. The lowest BCUT2D eigenvalue weighted by Gasteiger charge is -2.39. The number of H-pyrrole nitrogens is 1. The lowest BCUT2D eigenvalue weighted by molar-refractivity contribution is 0.0507. The van der Waals surface area contributed by atoms with Crippen LogP contribution < -0.4 is 4.74 Å². The number of rotatable bonds is 4. The summed E-state index contributed by atoms with van der Waals surface area (Å²) in [5.41, 5.74) is 2.25. The first-order valence-corrected chi connectivity index (χ1v) is 11.3. The molecule has 1 aromatic heterocycles. The molecule has 0 aliphatic carbocycles. The van der Waals surface area contributed by atoms with E-state index in [0.29, 0.717) is 30.0 Å². The first-order valence-electron chi connectivity index (χ1n) is 11.3. The first kappa shape index (κ1) is 21.4. The summed E-state index contributed by atoms with van der Waals surface area (Å²) < 4.78 is 5.24. The predicted molar refractivity (Wildman–Crippen MR) is 118 cm³/mol. The van der Waals surface area contributed by atoms with Gasteiger partial charge >= 0.3 is 0 Å². The van der Waals surface area contributed by atoms with E-state index in [0.717, 1.165) is 31.4 Å². The minimum atomic E-state index is 0.0224. The number of benzene rings is 1. The summed E-state index contributed by atoms with van der Waals surface area (Å²) in [4.78, 5) is 30.2. The van der Waals surface area contributed by atoms with Crippen LogP contribution in [0, 0.1) is 0 Å². The van der Waals surface area contributed by atoms with E-state index in [1.807, 2.05) is 28.0 Å². The summed E-state index contributed by atoms with van der Waals surface area (Å²) in [6.45, 7) is 5.58. The Balaban J connectivity index is 1.43. The average molecular weight is 425 g/mol. The fourth-order valence-corrected chi connectivity index (χ4v) is 5.05. The van der Waals surface area contributed by atoms with Gasteiger partial charge in [0.1, 0.15) is 5.75 Å². The quantitative estimate of drug-likeness (QED) is 0.809. The van der Waals surface area contributed by atoms with Crippen LogP contribution in [0.25, 0.3) is 0 Å². The number of carbonyl (C=O) groups is 2. The van der Waals surface area contributed by atoms with Crippen molar-refractivity contribution >= 4 is 11.8 Å². The van der Waals surface area contributed by atoms with Gasteiger partial charge in [0.25, 0.3) is 11.8 Å². The molecule has 166 valence electrons. The molecule has 2 aliphatic rings. The third-order valence-electron chi connectivity index (χ3n) is 6.83. The van der Waals surface area contributed by atoms with Crippen LogP contribution in [0.15, 0.2) is 30.5 Å². The average Bonchev–Trinajstić information content (AvgIpc) is 3.28. The van der Waals surface area contributed by atoms with Gasteiger partial charge in [0.05, 0.1) is 24.6 Å². The zero-order valence-corrected chi connectivity index (χ0v) is 18.6. The Hall–Kier alpha value is -2.83. The van der Waals surface area contributed by atoms with Crippen molar-refractivity contribution in [1.29, 1.82) is 0 Å². The van der Waals surface area contributed by atoms with E-state index in [2.05, 4.69) is 24.0 Å². The molecule has 2 saturated heterocycles. The van der Waals surface area contributed by atoms with E-state index in [-0.39, 0.29) is 29.8 Å². The second kappa shape index (κ2) is 9.12. The number of aromatic nitrogens is 2. The highest BCUT2D eigenvalue weighted by molar-refractivity contribution is 5.96. The van der Waals surface area contributed by atoms with Gasteiger partial charge in [0.2, 0.25) is 0 Å². The number of nitrogens with one attached hydrogen (secondary N) is 1. The number of aromatic amines is 1. The number of ether oxygens (including phenoxy) is 1. The number of carbonyl (C=O) groups excluding carboxylic acids is 2. The summed E-state index contributed by atoms with van der Waals surface area (Å²) in [6.07, 6.45) is 6.57. The van der Waals surface area contributed by atoms with E-state index in [1.54, 1.807) is 19.4 Å². The molecule has 1 aromatic carbocycles. The summed E-state index contributed by atoms with van der Waals surface area (Å²) in [5.74, 6) is 0.987. The minimum Gasteiger partial charge on any atom is -0.497 e. The molecule has 2 unspecified atom stereocenters. The zero-order valence-electron chi connectivity index (χ0n) is 18.6. The van der Waals surface area contributed by atoms with Gasteiger partial charge in [-0.15, -0.1) is 0 Å². The Morgan fingerprint density at radius 2 is 1.77 bits per heavy atom. The standard InChI is InChI=1S/C24H32N4O3/c1-16-6-4-7-17(2)28(16)24(30)21-15-25-26-22(21)18-10-12-27(13-11-18)23(29)19-8-5-9-20(14-19)31-3/h5,8-9,14-18H,4,6-7,10-13H2,1-3H3,(H,25,26).